The van der Waals surface area contributed by atoms with Crippen LogP contribution in [0.3, 0.4) is 0 Å². The van der Waals surface area contributed by atoms with Gasteiger partial charge in [-0.25, -0.2) is 0 Å². The molecule has 0 aliphatic carbocycles. The van der Waals surface area contributed by atoms with Crippen LogP contribution < -0.4 is 5.32 Å². The molecule has 0 radical (unpaired) electrons. The Morgan fingerprint density at radius 1 is 1.15 bits per heavy atom. The molecular weight excluding hydrogens is 330 g/mol. The Balaban J connectivity index is 1.84. The third-order valence-electron chi connectivity index (χ3n) is 4.30. The van der Waals surface area contributed by atoms with Crippen molar-refractivity contribution in [1.82, 2.24) is 5.32 Å². The number of nitrogens with one attached hydrogen (secondary N) is 1. The quantitative estimate of drug-likeness (QED) is 0.792. The number of benzene rings is 1. The van der Waals surface area contributed by atoms with Gasteiger partial charge in [-0.3, -0.25) is 9.59 Å². The second kappa shape index (κ2) is 8.21. The number of esters is 1. The Hall–Kier alpha value is -2.56. The topological polar surface area (TPSA) is 68.5 Å². The van der Waals surface area contributed by atoms with Crippen molar-refractivity contribution in [3.63, 3.8) is 0 Å². The van der Waals surface area contributed by atoms with Crippen LogP contribution in [0.1, 0.15) is 60.0 Å². The molecule has 5 heteroatoms. The molecule has 1 amide bonds. The van der Waals surface area contributed by atoms with Crippen molar-refractivity contribution in [3.8, 4) is 0 Å². The summed E-state index contributed by atoms with van der Waals surface area (Å²) in [6.45, 7) is 11.1. The predicted octanol–water partition coefficient (Wildman–Crippen LogP) is 4.06. The van der Waals surface area contributed by atoms with E-state index in [1.807, 2.05) is 13.8 Å². The zero-order valence-corrected chi connectivity index (χ0v) is 16.1. The predicted molar refractivity (Wildman–Crippen MR) is 100 cm³/mol. The number of ether oxygens (including phenoxy) is 1. The number of hydrogen-bond acceptors (Lipinski definition) is 4. The summed E-state index contributed by atoms with van der Waals surface area (Å²) in [5.74, 6) is -0.459. The van der Waals surface area contributed by atoms with Crippen molar-refractivity contribution >= 4 is 11.9 Å². The Morgan fingerprint density at radius 3 is 2.35 bits per heavy atom. The summed E-state index contributed by atoms with van der Waals surface area (Å²) in [6.07, 6.45) is 1.55. The molecule has 0 unspecified atom stereocenters. The molecule has 1 N–H and O–H groups in total. The SMILES string of the molecule is Cc1cc(C(C)(C)C)cc(C)c1COC(=O)CCNC(=O)c1ccco1. The van der Waals surface area contributed by atoms with E-state index >= 15 is 0 Å². The molecule has 140 valence electrons. The maximum atomic E-state index is 11.9. The van der Waals surface area contributed by atoms with Crippen molar-refractivity contribution in [2.45, 2.75) is 53.1 Å². The monoisotopic (exact) mass is 357 g/mol. The van der Waals surface area contributed by atoms with Gasteiger partial charge in [-0.05, 0) is 53.6 Å². The van der Waals surface area contributed by atoms with Crippen LogP contribution >= 0.6 is 0 Å². The third-order valence-corrected chi connectivity index (χ3v) is 4.30. The fraction of sp³-hybridized carbons (Fsp3) is 0.429. The highest BCUT2D eigenvalue weighted by Gasteiger charge is 2.17. The molecule has 0 aliphatic rings. The summed E-state index contributed by atoms with van der Waals surface area (Å²) in [4.78, 5) is 23.6. The Kier molecular flexibility index (Phi) is 6.24. The van der Waals surface area contributed by atoms with Gasteiger partial charge >= 0.3 is 5.97 Å². The summed E-state index contributed by atoms with van der Waals surface area (Å²) in [5, 5.41) is 2.63. The fourth-order valence-corrected chi connectivity index (χ4v) is 2.65. The highest BCUT2D eigenvalue weighted by Crippen LogP contribution is 2.27. The molecule has 0 saturated carbocycles. The molecule has 5 nitrogen and oxygen atoms in total. The minimum absolute atomic E-state index is 0.0803. The number of rotatable bonds is 6. The fourth-order valence-electron chi connectivity index (χ4n) is 2.65. The van der Waals surface area contributed by atoms with Gasteiger partial charge in [0.2, 0.25) is 0 Å². The molecule has 1 heterocycles. The summed E-state index contributed by atoms with van der Waals surface area (Å²) < 4.78 is 10.4. The van der Waals surface area contributed by atoms with Crippen LogP contribution in [0.2, 0.25) is 0 Å². The Labute approximate surface area is 154 Å². The van der Waals surface area contributed by atoms with Gasteiger partial charge in [0.05, 0.1) is 12.7 Å². The largest absolute Gasteiger partial charge is 0.461 e. The van der Waals surface area contributed by atoms with Crippen molar-refractivity contribution in [2.24, 2.45) is 0 Å². The molecule has 0 fully saturated rings. The van der Waals surface area contributed by atoms with Gasteiger partial charge in [0.1, 0.15) is 6.61 Å². The zero-order chi connectivity index (χ0) is 19.3. The van der Waals surface area contributed by atoms with Crippen LogP contribution in [0.25, 0.3) is 0 Å². The van der Waals surface area contributed by atoms with E-state index in [9.17, 15) is 9.59 Å². The van der Waals surface area contributed by atoms with Gasteiger partial charge in [0.15, 0.2) is 5.76 Å². The molecule has 2 aromatic rings. The maximum absolute atomic E-state index is 11.9. The van der Waals surface area contributed by atoms with Gasteiger partial charge in [-0.15, -0.1) is 0 Å². The second-order valence-electron chi connectivity index (χ2n) is 7.48. The number of amides is 1. The molecule has 0 aliphatic heterocycles. The molecule has 0 bridgehead atoms. The van der Waals surface area contributed by atoms with Crippen LogP contribution in [-0.4, -0.2) is 18.4 Å². The summed E-state index contributed by atoms with van der Waals surface area (Å²) in [6, 6.07) is 7.51. The van der Waals surface area contributed by atoms with E-state index < -0.39 is 0 Å². The summed E-state index contributed by atoms with van der Waals surface area (Å²) in [7, 11) is 0. The van der Waals surface area contributed by atoms with Crippen LogP contribution in [0.5, 0.6) is 0 Å². The number of hydrogen-bond donors (Lipinski definition) is 1. The smallest absolute Gasteiger partial charge is 0.307 e. The molecule has 26 heavy (non-hydrogen) atoms. The second-order valence-corrected chi connectivity index (χ2v) is 7.48. The van der Waals surface area contributed by atoms with E-state index in [1.165, 1.54) is 11.8 Å². The van der Waals surface area contributed by atoms with Gasteiger partial charge in [-0.1, -0.05) is 32.9 Å². The molecule has 0 saturated heterocycles. The van der Waals surface area contributed by atoms with Crippen molar-refractivity contribution in [3.05, 3.63) is 58.5 Å². The molecule has 1 aromatic heterocycles. The minimum Gasteiger partial charge on any atom is -0.461 e. The van der Waals surface area contributed by atoms with Gasteiger partial charge in [-0.2, -0.15) is 0 Å². The molecule has 2 rings (SSSR count). The van der Waals surface area contributed by atoms with Crippen LogP contribution in [0.4, 0.5) is 0 Å². The van der Waals surface area contributed by atoms with Crippen LogP contribution in [-0.2, 0) is 21.6 Å². The van der Waals surface area contributed by atoms with E-state index in [0.29, 0.717) is 0 Å². The van der Waals surface area contributed by atoms with E-state index in [0.717, 1.165) is 16.7 Å². The first-order valence-electron chi connectivity index (χ1n) is 8.76. The third kappa shape index (κ3) is 5.22. The van der Waals surface area contributed by atoms with Gasteiger partial charge in [0, 0.05) is 6.54 Å². The first-order valence-corrected chi connectivity index (χ1v) is 8.76. The molecule has 0 spiro atoms. The van der Waals surface area contributed by atoms with Crippen LogP contribution in [0, 0.1) is 13.8 Å². The summed E-state index contributed by atoms with van der Waals surface area (Å²) >= 11 is 0. The Morgan fingerprint density at radius 2 is 1.81 bits per heavy atom. The lowest BCUT2D eigenvalue weighted by atomic mass is 9.84. The van der Waals surface area contributed by atoms with Crippen molar-refractivity contribution < 1.29 is 18.7 Å². The average molecular weight is 357 g/mol. The lowest BCUT2D eigenvalue weighted by Gasteiger charge is -2.22. The number of carbonyl (C=O) groups is 2. The Bertz CT molecular complexity index is 747. The number of furan rings is 1. The van der Waals surface area contributed by atoms with Crippen molar-refractivity contribution in [1.29, 1.82) is 0 Å². The lowest BCUT2D eigenvalue weighted by molar-refractivity contribution is -0.144. The lowest BCUT2D eigenvalue weighted by Crippen LogP contribution is -2.26. The first kappa shape index (κ1) is 19.8. The van der Waals surface area contributed by atoms with Crippen molar-refractivity contribution in [2.75, 3.05) is 6.54 Å². The first-order chi connectivity index (χ1) is 12.2. The van der Waals surface area contributed by atoms with E-state index in [2.05, 4.69) is 38.2 Å². The van der Waals surface area contributed by atoms with Gasteiger partial charge in [0.25, 0.3) is 5.91 Å². The normalized spacial score (nSPS) is 11.3. The van der Waals surface area contributed by atoms with E-state index in [-0.39, 0.29) is 42.6 Å². The highest BCUT2D eigenvalue weighted by molar-refractivity contribution is 5.91. The van der Waals surface area contributed by atoms with Gasteiger partial charge < -0.3 is 14.5 Å². The molecule has 1 aromatic carbocycles. The minimum atomic E-state index is -0.344. The zero-order valence-electron chi connectivity index (χ0n) is 16.1. The number of aryl methyl sites for hydroxylation is 2. The standard InChI is InChI=1S/C21H27NO4/c1-14-11-16(21(3,4)5)12-15(2)17(14)13-26-19(23)8-9-22-20(24)18-7-6-10-25-18/h6-7,10-12H,8-9,13H2,1-5H3,(H,22,24). The average Bonchev–Trinajstić information content (AvgIpc) is 3.07. The number of carbonyl (C=O) groups excluding carboxylic acids is 2. The van der Waals surface area contributed by atoms with E-state index in [4.69, 9.17) is 9.15 Å². The molecular formula is C21H27NO4. The maximum Gasteiger partial charge on any atom is 0.307 e. The molecule has 0 atom stereocenters. The van der Waals surface area contributed by atoms with E-state index in [1.54, 1.807) is 12.1 Å². The summed E-state index contributed by atoms with van der Waals surface area (Å²) in [5.41, 5.74) is 4.62. The highest BCUT2D eigenvalue weighted by atomic mass is 16.5. The van der Waals surface area contributed by atoms with Crippen LogP contribution in [0.15, 0.2) is 34.9 Å².